The van der Waals surface area contributed by atoms with Crippen molar-refractivity contribution in [2.45, 2.75) is 57.4 Å². The van der Waals surface area contributed by atoms with Crippen LogP contribution in [0.2, 0.25) is 5.02 Å². The van der Waals surface area contributed by atoms with Crippen LogP contribution in [0, 0.1) is 17.8 Å². The van der Waals surface area contributed by atoms with Crippen molar-refractivity contribution in [1.82, 2.24) is 4.72 Å². The van der Waals surface area contributed by atoms with Gasteiger partial charge in [-0.2, -0.15) is 0 Å². The van der Waals surface area contributed by atoms with Gasteiger partial charge in [-0.1, -0.05) is 36.7 Å². The lowest BCUT2D eigenvalue weighted by Crippen LogP contribution is -2.43. The van der Waals surface area contributed by atoms with E-state index in [2.05, 4.69) is 21.8 Å². The van der Waals surface area contributed by atoms with E-state index in [1.165, 1.54) is 11.1 Å². The number of carbonyl (C=O) groups excluding carboxylic acids is 1. The first kappa shape index (κ1) is 30.3. The fourth-order valence-corrected chi connectivity index (χ4v) is 8.12. The van der Waals surface area contributed by atoms with Crippen LogP contribution < -0.4 is 14.4 Å². The van der Waals surface area contributed by atoms with Crippen molar-refractivity contribution >= 4 is 45.0 Å². The summed E-state index contributed by atoms with van der Waals surface area (Å²) in [4.78, 5) is 15.6. The molecule has 2 aromatic rings. The standard InChI is InChI=1S/C31H39ClN2O5S2/c1-20-5-4-6-29(38-3)27-11-8-25(27)18-34-17-24-7-10-26(32)15-22(24)13-14-40-19-39-30-12-9-23(16-28(30)34)31(35)33-41(36,37)21(20)2/h4,6-7,9-10,12,15-16,20-21,25,27,29H,5,8,11,13-14,17-19H2,1-3H3,(H,33,35)/b6-4+/t20-,21+,25-,27+,29-/m0/s1. The molecule has 1 aliphatic carbocycles. The monoisotopic (exact) mass is 618 g/mol. The van der Waals surface area contributed by atoms with Crippen molar-refractivity contribution in [3.63, 3.8) is 0 Å². The molecule has 1 amide bonds. The maximum Gasteiger partial charge on any atom is 0.264 e. The number of thioether (sulfide) groups is 1. The number of allylic oxidation sites excluding steroid dienone is 1. The normalized spacial score (nSPS) is 29.4. The average Bonchev–Trinajstić information content (AvgIpc) is 2.96. The number of methoxy groups -OCH3 is 1. The molecular formula is C31H39ClN2O5S2. The van der Waals surface area contributed by atoms with Crippen molar-refractivity contribution in [3.05, 3.63) is 70.3 Å². The molecule has 2 bridgehead atoms. The number of amides is 1. The van der Waals surface area contributed by atoms with Gasteiger partial charge < -0.3 is 14.4 Å². The third-order valence-corrected chi connectivity index (χ3v) is 11.8. The zero-order valence-electron chi connectivity index (χ0n) is 23.8. The number of rotatable bonds is 1. The Morgan fingerprint density at radius 3 is 2.71 bits per heavy atom. The van der Waals surface area contributed by atoms with Gasteiger partial charge in [0, 0.05) is 36.5 Å². The number of benzene rings is 2. The number of sulfonamides is 1. The first-order valence-electron chi connectivity index (χ1n) is 14.3. The molecule has 0 unspecified atom stereocenters. The second-order valence-electron chi connectivity index (χ2n) is 11.4. The lowest BCUT2D eigenvalue weighted by atomic mass is 9.70. The average molecular weight is 619 g/mol. The summed E-state index contributed by atoms with van der Waals surface area (Å²) in [5.74, 6) is 1.95. The molecule has 2 aromatic carbocycles. The Labute approximate surface area is 253 Å². The van der Waals surface area contributed by atoms with E-state index in [9.17, 15) is 13.2 Å². The van der Waals surface area contributed by atoms with Gasteiger partial charge in [-0.15, -0.1) is 11.8 Å². The van der Waals surface area contributed by atoms with Crippen LogP contribution >= 0.6 is 23.4 Å². The van der Waals surface area contributed by atoms with E-state index in [1.54, 1.807) is 44.0 Å². The van der Waals surface area contributed by atoms with Gasteiger partial charge in [-0.3, -0.25) is 4.79 Å². The van der Waals surface area contributed by atoms with Crippen molar-refractivity contribution in [2.24, 2.45) is 17.8 Å². The third-order valence-electron chi connectivity index (χ3n) is 8.89. The highest BCUT2D eigenvalue weighted by atomic mass is 35.5. The maximum absolute atomic E-state index is 13.3. The van der Waals surface area contributed by atoms with Crippen LogP contribution in [0.25, 0.3) is 0 Å². The van der Waals surface area contributed by atoms with Gasteiger partial charge in [-0.25, -0.2) is 13.1 Å². The van der Waals surface area contributed by atoms with Crippen LogP contribution in [-0.2, 0) is 27.7 Å². The Bertz CT molecular complexity index is 1400. The molecule has 0 saturated heterocycles. The summed E-state index contributed by atoms with van der Waals surface area (Å²) in [7, 11) is -2.15. The Balaban J connectivity index is 1.61. The number of ether oxygens (including phenoxy) is 2. The molecule has 0 spiro atoms. The molecular weight excluding hydrogens is 580 g/mol. The number of halogens is 1. The molecule has 0 aromatic heterocycles. The molecule has 41 heavy (non-hydrogen) atoms. The lowest BCUT2D eigenvalue weighted by molar-refractivity contribution is 0.0133. The molecule has 1 N–H and O–H groups in total. The van der Waals surface area contributed by atoms with Gasteiger partial charge in [0.15, 0.2) is 0 Å². The number of fused-ring (bicyclic) bond motifs is 3. The molecule has 7 nitrogen and oxygen atoms in total. The summed E-state index contributed by atoms with van der Waals surface area (Å²) in [6.07, 6.45) is 7.68. The SMILES string of the molecule is CO[C@H]1/C=C/C[C@H](C)[C@@H](C)S(=O)(=O)NC(=O)c2ccc3c(c2)N(Cc2ccc(Cl)cc2CCSCO3)C[C@@H]2CC[C@H]21. The van der Waals surface area contributed by atoms with Crippen LogP contribution in [0.5, 0.6) is 5.75 Å². The second kappa shape index (κ2) is 13.0. The van der Waals surface area contributed by atoms with Crippen molar-refractivity contribution in [1.29, 1.82) is 0 Å². The molecule has 5 atom stereocenters. The van der Waals surface area contributed by atoms with E-state index >= 15 is 0 Å². The van der Waals surface area contributed by atoms with Crippen molar-refractivity contribution in [3.8, 4) is 5.75 Å². The summed E-state index contributed by atoms with van der Waals surface area (Å²) in [5.41, 5.74) is 3.44. The molecule has 222 valence electrons. The van der Waals surface area contributed by atoms with Gasteiger partial charge in [0.05, 0.1) is 17.0 Å². The second-order valence-corrected chi connectivity index (χ2v) is 14.9. The van der Waals surface area contributed by atoms with Crippen LogP contribution in [0.4, 0.5) is 5.69 Å². The zero-order chi connectivity index (χ0) is 29.1. The number of carbonyl (C=O) groups is 1. The highest BCUT2D eigenvalue weighted by molar-refractivity contribution is 7.99. The lowest BCUT2D eigenvalue weighted by Gasteiger charge is -2.43. The molecule has 0 radical (unpaired) electrons. The van der Waals surface area contributed by atoms with Gasteiger partial charge in [0.2, 0.25) is 10.0 Å². The van der Waals surface area contributed by atoms with E-state index in [-0.39, 0.29) is 17.6 Å². The zero-order valence-corrected chi connectivity index (χ0v) is 26.2. The number of hydrogen-bond acceptors (Lipinski definition) is 7. The Hall–Kier alpha value is -2.20. The number of hydrogen-bond donors (Lipinski definition) is 1. The van der Waals surface area contributed by atoms with Gasteiger partial charge >= 0.3 is 0 Å². The van der Waals surface area contributed by atoms with E-state index in [1.807, 2.05) is 25.1 Å². The molecule has 1 saturated carbocycles. The molecule has 1 fully saturated rings. The van der Waals surface area contributed by atoms with Crippen LogP contribution in [0.15, 0.2) is 48.6 Å². The fourth-order valence-electron chi connectivity index (χ4n) is 5.95. The number of aryl methyl sites for hydroxylation is 1. The predicted molar refractivity (Wildman–Crippen MR) is 166 cm³/mol. The minimum Gasteiger partial charge on any atom is -0.481 e. The molecule has 3 aliphatic rings. The molecule has 2 heterocycles. The molecule has 10 heteroatoms. The Morgan fingerprint density at radius 1 is 1.12 bits per heavy atom. The summed E-state index contributed by atoms with van der Waals surface area (Å²) in [6.45, 7) is 4.91. The summed E-state index contributed by atoms with van der Waals surface area (Å²) in [5, 5.41) is -0.0345. The fraction of sp³-hybridized carbons (Fsp3) is 0.516. The first-order valence-corrected chi connectivity index (χ1v) is 17.4. The topological polar surface area (TPSA) is 84.9 Å². The van der Waals surface area contributed by atoms with E-state index in [4.69, 9.17) is 21.1 Å². The number of nitrogens with zero attached hydrogens (tertiary/aromatic N) is 1. The van der Waals surface area contributed by atoms with E-state index in [0.717, 1.165) is 37.2 Å². The largest absolute Gasteiger partial charge is 0.481 e. The van der Waals surface area contributed by atoms with Crippen LogP contribution in [-0.4, -0.2) is 51.0 Å². The first-order chi connectivity index (χ1) is 19.7. The minimum atomic E-state index is -3.90. The quantitative estimate of drug-likeness (QED) is 0.389. The smallest absolute Gasteiger partial charge is 0.264 e. The number of anilines is 1. The summed E-state index contributed by atoms with van der Waals surface area (Å²) < 4.78 is 40.9. The summed E-state index contributed by atoms with van der Waals surface area (Å²) >= 11 is 8.09. The van der Waals surface area contributed by atoms with E-state index in [0.29, 0.717) is 41.5 Å². The van der Waals surface area contributed by atoms with Gasteiger partial charge in [-0.05, 0) is 91.8 Å². The van der Waals surface area contributed by atoms with Crippen LogP contribution in [0.1, 0.15) is 54.6 Å². The highest BCUT2D eigenvalue weighted by Gasteiger charge is 2.38. The highest BCUT2D eigenvalue weighted by Crippen LogP contribution is 2.42. The molecule has 5 rings (SSSR count). The number of nitrogens with one attached hydrogen (secondary N) is 1. The minimum absolute atomic E-state index is 0.0473. The predicted octanol–water partition coefficient (Wildman–Crippen LogP) is 6.06. The van der Waals surface area contributed by atoms with E-state index < -0.39 is 21.2 Å². The van der Waals surface area contributed by atoms with Gasteiger partial charge in [0.1, 0.15) is 11.7 Å². The van der Waals surface area contributed by atoms with Gasteiger partial charge in [0.25, 0.3) is 5.91 Å². The maximum atomic E-state index is 13.3. The Morgan fingerprint density at radius 2 is 1.95 bits per heavy atom. The molecule has 2 aliphatic heterocycles. The third kappa shape index (κ3) is 6.90. The summed E-state index contributed by atoms with van der Waals surface area (Å²) in [6, 6.07) is 11.3. The van der Waals surface area contributed by atoms with Crippen molar-refractivity contribution < 1.29 is 22.7 Å². The van der Waals surface area contributed by atoms with Crippen molar-refractivity contribution in [2.75, 3.05) is 30.2 Å². The van der Waals surface area contributed by atoms with Crippen LogP contribution in [0.3, 0.4) is 0 Å². The Kier molecular flexibility index (Phi) is 9.58.